The topological polar surface area (TPSA) is 109 Å². The van der Waals surface area contributed by atoms with Crippen LogP contribution in [0.1, 0.15) is 0 Å². The molecule has 0 spiro atoms. The third kappa shape index (κ3) is 2.81. The van der Waals surface area contributed by atoms with Crippen molar-refractivity contribution in [2.75, 3.05) is 23.9 Å². The minimum absolute atomic E-state index is 0.0211. The van der Waals surface area contributed by atoms with E-state index in [4.69, 9.17) is 0 Å². The molecule has 0 aliphatic heterocycles. The number of nitrogens with one attached hydrogen (secondary N) is 2. The summed E-state index contributed by atoms with van der Waals surface area (Å²) in [5, 5.41) is 8.88. The number of aromatic nitrogens is 4. The highest BCUT2D eigenvalue weighted by Gasteiger charge is 2.04. The molecule has 0 aromatic carbocycles. The van der Waals surface area contributed by atoms with Crippen molar-refractivity contribution in [3.63, 3.8) is 0 Å². The fourth-order valence-corrected chi connectivity index (χ4v) is 1.74. The molecule has 0 saturated heterocycles. The van der Waals surface area contributed by atoms with E-state index in [2.05, 4.69) is 20.5 Å². The van der Waals surface area contributed by atoms with Gasteiger partial charge in [0.25, 0.3) is 0 Å². The van der Waals surface area contributed by atoms with Gasteiger partial charge in [0.05, 0.1) is 5.75 Å². The van der Waals surface area contributed by atoms with Crippen LogP contribution in [0.4, 0.5) is 5.82 Å². The van der Waals surface area contributed by atoms with Crippen LogP contribution in [0.25, 0.3) is 5.65 Å². The number of fused-ring (bicyclic) bond motifs is 1. The summed E-state index contributed by atoms with van der Waals surface area (Å²) in [5.74, 6) is 0.493. The average Bonchev–Trinajstić information content (AvgIpc) is 2.58. The van der Waals surface area contributed by atoms with E-state index in [-0.39, 0.29) is 18.0 Å². The predicted molar refractivity (Wildman–Crippen MR) is 61.8 cm³/mol. The van der Waals surface area contributed by atoms with Crippen molar-refractivity contribution in [3.05, 3.63) is 22.9 Å². The number of hydrogen-bond donors (Lipinski definition) is 2. The van der Waals surface area contributed by atoms with Crippen LogP contribution in [0, 0.1) is 0 Å². The highest BCUT2D eigenvalue weighted by atomic mass is 32.2. The average molecular weight is 257 g/mol. The number of hydrogen-bond acceptors (Lipinski definition) is 6. The lowest BCUT2D eigenvalue weighted by Gasteiger charge is -2.03. The number of anilines is 1. The third-order valence-electron chi connectivity index (χ3n) is 2.09. The van der Waals surface area contributed by atoms with Crippen molar-refractivity contribution >= 4 is 21.3 Å². The van der Waals surface area contributed by atoms with E-state index in [0.29, 0.717) is 11.5 Å². The molecule has 2 rings (SSSR count). The number of H-pyrrole nitrogens is 1. The minimum Gasteiger partial charge on any atom is -0.369 e. The molecule has 0 radical (unpaired) electrons. The van der Waals surface area contributed by atoms with Crippen molar-refractivity contribution in [1.82, 2.24) is 19.6 Å². The van der Waals surface area contributed by atoms with Crippen LogP contribution in [0.15, 0.2) is 17.2 Å². The van der Waals surface area contributed by atoms with E-state index >= 15 is 0 Å². The smallest absolute Gasteiger partial charge is 0.348 e. The molecule has 2 aromatic heterocycles. The van der Waals surface area contributed by atoms with Crippen LogP contribution in [-0.2, 0) is 9.84 Å². The molecule has 17 heavy (non-hydrogen) atoms. The van der Waals surface area contributed by atoms with Crippen LogP contribution in [0.3, 0.4) is 0 Å². The number of aromatic amines is 1. The van der Waals surface area contributed by atoms with E-state index in [1.165, 1.54) is 17.0 Å². The largest absolute Gasteiger partial charge is 0.369 e. The highest BCUT2D eigenvalue weighted by Crippen LogP contribution is 2.03. The Morgan fingerprint density at radius 2 is 2.29 bits per heavy atom. The molecule has 0 saturated carbocycles. The lowest BCUT2D eigenvalue weighted by Crippen LogP contribution is -2.15. The summed E-state index contributed by atoms with van der Waals surface area (Å²) in [6.45, 7) is 0.261. The zero-order chi connectivity index (χ0) is 12.5. The van der Waals surface area contributed by atoms with Gasteiger partial charge in [0.2, 0.25) is 0 Å². The molecular weight excluding hydrogens is 246 g/mol. The lowest BCUT2D eigenvalue weighted by molar-refractivity contribution is 0.602. The van der Waals surface area contributed by atoms with Gasteiger partial charge in [-0.1, -0.05) is 0 Å². The van der Waals surface area contributed by atoms with Crippen molar-refractivity contribution in [2.24, 2.45) is 0 Å². The van der Waals surface area contributed by atoms with Crippen LogP contribution in [0.5, 0.6) is 0 Å². The maximum atomic E-state index is 11.1. The molecule has 9 heteroatoms. The summed E-state index contributed by atoms with van der Waals surface area (Å²) in [7, 11) is -3.00. The standard InChI is InChI=1S/C8H11N5O3S/c1-17(15,16)3-2-9-6-4-7-11-12-8(14)13(7)5-10-6/h4-5,9H,2-3H2,1H3,(H,12,14). The van der Waals surface area contributed by atoms with Gasteiger partial charge < -0.3 is 5.32 Å². The van der Waals surface area contributed by atoms with E-state index in [0.717, 1.165) is 0 Å². The fourth-order valence-electron chi connectivity index (χ4n) is 1.27. The summed E-state index contributed by atoms with van der Waals surface area (Å²) < 4.78 is 23.1. The molecule has 0 aliphatic rings. The van der Waals surface area contributed by atoms with Gasteiger partial charge in [-0.05, 0) is 0 Å². The minimum atomic E-state index is -3.00. The third-order valence-corrected chi connectivity index (χ3v) is 3.03. The first-order valence-corrected chi connectivity index (χ1v) is 6.86. The van der Waals surface area contributed by atoms with Gasteiger partial charge in [-0.15, -0.1) is 0 Å². The normalized spacial score (nSPS) is 11.8. The number of sulfone groups is 1. The van der Waals surface area contributed by atoms with Crippen molar-refractivity contribution in [1.29, 1.82) is 0 Å². The molecule has 0 aliphatic carbocycles. The van der Waals surface area contributed by atoms with Gasteiger partial charge >= 0.3 is 5.69 Å². The maximum absolute atomic E-state index is 11.1. The SMILES string of the molecule is CS(=O)(=O)CCNc1cc2n[nH]c(=O)n2cn1. The zero-order valence-electron chi connectivity index (χ0n) is 9.04. The predicted octanol–water partition coefficient (Wildman–Crippen LogP) is -1.13. The Bertz CT molecular complexity index is 686. The Balaban J connectivity index is 2.12. The second kappa shape index (κ2) is 4.17. The number of rotatable bonds is 4. The summed E-state index contributed by atoms with van der Waals surface area (Å²) in [4.78, 5) is 15.1. The van der Waals surface area contributed by atoms with Crippen LogP contribution < -0.4 is 11.0 Å². The van der Waals surface area contributed by atoms with Crippen molar-refractivity contribution < 1.29 is 8.42 Å². The Hall–Kier alpha value is -1.90. The Kier molecular flexibility index (Phi) is 2.84. The first-order valence-electron chi connectivity index (χ1n) is 4.80. The number of nitrogens with zero attached hydrogens (tertiary/aromatic N) is 3. The van der Waals surface area contributed by atoms with Crippen LogP contribution >= 0.6 is 0 Å². The monoisotopic (exact) mass is 257 g/mol. The van der Waals surface area contributed by atoms with Gasteiger partial charge in [0, 0.05) is 18.9 Å². The molecule has 0 atom stereocenters. The molecular formula is C8H11N5O3S. The van der Waals surface area contributed by atoms with E-state index < -0.39 is 9.84 Å². The van der Waals surface area contributed by atoms with Crippen LogP contribution in [0.2, 0.25) is 0 Å². The molecule has 0 bridgehead atoms. The maximum Gasteiger partial charge on any atom is 0.348 e. The van der Waals surface area contributed by atoms with Gasteiger partial charge in [-0.3, -0.25) is 0 Å². The van der Waals surface area contributed by atoms with Crippen molar-refractivity contribution in [2.45, 2.75) is 0 Å². The Morgan fingerprint density at radius 1 is 1.53 bits per heavy atom. The van der Waals surface area contributed by atoms with Gasteiger partial charge in [0.15, 0.2) is 5.65 Å². The highest BCUT2D eigenvalue weighted by molar-refractivity contribution is 7.90. The fraction of sp³-hybridized carbons (Fsp3) is 0.375. The molecule has 0 amide bonds. The van der Waals surface area contributed by atoms with E-state index in [1.807, 2.05) is 0 Å². The summed E-state index contributed by atoms with van der Waals surface area (Å²) in [5.41, 5.74) is 0.0574. The lowest BCUT2D eigenvalue weighted by atomic mass is 10.5. The first-order chi connectivity index (χ1) is 7.96. The van der Waals surface area contributed by atoms with E-state index in [1.54, 1.807) is 6.07 Å². The molecule has 0 fully saturated rings. The van der Waals surface area contributed by atoms with Gasteiger partial charge in [-0.25, -0.2) is 27.7 Å². The second-order valence-electron chi connectivity index (χ2n) is 3.59. The van der Waals surface area contributed by atoms with E-state index in [9.17, 15) is 13.2 Å². The Morgan fingerprint density at radius 3 is 3.00 bits per heavy atom. The van der Waals surface area contributed by atoms with Gasteiger partial charge in [-0.2, -0.15) is 5.10 Å². The van der Waals surface area contributed by atoms with Gasteiger partial charge in [0.1, 0.15) is 22.0 Å². The molecule has 8 nitrogen and oxygen atoms in total. The molecule has 2 aromatic rings. The summed E-state index contributed by atoms with van der Waals surface area (Å²) in [6.07, 6.45) is 2.49. The summed E-state index contributed by atoms with van der Waals surface area (Å²) >= 11 is 0. The molecule has 0 unspecified atom stereocenters. The van der Waals surface area contributed by atoms with Crippen LogP contribution in [-0.4, -0.2) is 46.6 Å². The first kappa shape index (κ1) is 11.6. The second-order valence-corrected chi connectivity index (χ2v) is 5.85. The Labute approximate surface area is 96.6 Å². The van der Waals surface area contributed by atoms with Crippen molar-refractivity contribution in [3.8, 4) is 0 Å². The summed E-state index contributed by atoms with van der Waals surface area (Å²) in [6, 6.07) is 1.56. The zero-order valence-corrected chi connectivity index (χ0v) is 9.86. The quantitative estimate of drug-likeness (QED) is 0.717. The molecule has 2 N–H and O–H groups in total. The molecule has 92 valence electrons. The molecule has 2 heterocycles.